The Kier molecular flexibility index (Phi) is 5.43. The van der Waals surface area contributed by atoms with Crippen LogP contribution in [-0.4, -0.2) is 25.0 Å². The zero-order valence-electron chi connectivity index (χ0n) is 12.7. The van der Waals surface area contributed by atoms with E-state index in [4.69, 9.17) is 0 Å². The molecule has 2 aliphatic rings. The maximum Gasteiger partial charge on any atom is 0.118 e. The molecular formula is C17H24ClN3. The Morgan fingerprint density at radius 1 is 1.33 bits per heavy atom. The molecule has 0 spiro atoms. The van der Waals surface area contributed by atoms with Crippen molar-refractivity contribution in [3.63, 3.8) is 0 Å². The SMILES string of the molecule is Cc1cccc(C(NC2C=CCC2)C2=NCCN2)c1C.Cl. The summed E-state index contributed by atoms with van der Waals surface area (Å²) in [6.45, 7) is 6.23. The molecule has 0 saturated carbocycles. The number of hydrogen-bond donors (Lipinski definition) is 2. The standard InChI is InChI=1S/C17H23N3.ClH/c1-12-6-5-9-15(13(12)2)16(17-18-10-11-19-17)20-14-7-3-4-8-14;/h3,5-7,9,14,16,20H,4,8,10-11H2,1-2H3,(H,18,19);1H. The summed E-state index contributed by atoms with van der Waals surface area (Å²) in [5.41, 5.74) is 4.05. The molecule has 0 saturated heterocycles. The van der Waals surface area contributed by atoms with Crippen molar-refractivity contribution in [1.29, 1.82) is 0 Å². The lowest BCUT2D eigenvalue weighted by molar-refractivity contribution is 0.546. The van der Waals surface area contributed by atoms with Crippen LogP contribution in [0.2, 0.25) is 0 Å². The van der Waals surface area contributed by atoms with Crippen LogP contribution in [0.1, 0.15) is 35.6 Å². The number of benzene rings is 1. The summed E-state index contributed by atoms with van der Waals surface area (Å²) in [4.78, 5) is 4.64. The van der Waals surface area contributed by atoms with Gasteiger partial charge in [0.15, 0.2) is 0 Å². The van der Waals surface area contributed by atoms with Crippen LogP contribution >= 0.6 is 12.4 Å². The average molecular weight is 306 g/mol. The molecule has 0 fully saturated rings. The molecule has 1 aliphatic carbocycles. The lowest BCUT2D eigenvalue weighted by atomic mass is 9.96. The first-order valence-electron chi connectivity index (χ1n) is 7.53. The van der Waals surface area contributed by atoms with Crippen molar-refractivity contribution in [3.05, 3.63) is 47.0 Å². The minimum absolute atomic E-state index is 0. The van der Waals surface area contributed by atoms with E-state index >= 15 is 0 Å². The zero-order valence-corrected chi connectivity index (χ0v) is 13.5. The summed E-state index contributed by atoms with van der Waals surface area (Å²) in [6, 6.07) is 7.19. The van der Waals surface area contributed by atoms with Crippen molar-refractivity contribution in [2.45, 2.75) is 38.8 Å². The van der Waals surface area contributed by atoms with E-state index in [9.17, 15) is 0 Å². The van der Waals surface area contributed by atoms with E-state index < -0.39 is 0 Å². The minimum atomic E-state index is 0. The summed E-state index contributed by atoms with van der Waals surface area (Å²) in [6.07, 6.45) is 6.92. The molecule has 2 unspecified atom stereocenters. The van der Waals surface area contributed by atoms with Crippen LogP contribution in [0.15, 0.2) is 35.3 Å². The van der Waals surface area contributed by atoms with Crippen molar-refractivity contribution in [1.82, 2.24) is 10.6 Å². The number of allylic oxidation sites excluding steroid dienone is 1. The third kappa shape index (κ3) is 3.47. The fourth-order valence-electron chi connectivity index (χ4n) is 3.00. The summed E-state index contributed by atoms with van der Waals surface area (Å²) < 4.78 is 0. The molecule has 3 nitrogen and oxygen atoms in total. The van der Waals surface area contributed by atoms with Gasteiger partial charge in [-0.25, -0.2) is 0 Å². The van der Waals surface area contributed by atoms with Crippen molar-refractivity contribution >= 4 is 18.2 Å². The Hall–Kier alpha value is -1.32. The largest absolute Gasteiger partial charge is 0.370 e. The van der Waals surface area contributed by atoms with Crippen LogP contribution in [0.25, 0.3) is 0 Å². The van der Waals surface area contributed by atoms with Gasteiger partial charge in [-0.3, -0.25) is 10.3 Å². The maximum atomic E-state index is 4.64. The molecule has 0 radical (unpaired) electrons. The Morgan fingerprint density at radius 3 is 2.86 bits per heavy atom. The third-order valence-corrected chi connectivity index (χ3v) is 4.32. The van der Waals surface area contributed by atoms with E-state index in [1.165, 1.54) is 29.5 Å². The second-order valence-electron chi connectivity index (χ2n) is 5.69. The highest BCUT2D eigenvalue weighted by atomic mass is 35.5. The van der Waals surface area contributed by atoms with Crippen molar-refractivity contribution in [2.75, 3.05) is 13.1 Å². The summed E-state index contributed by atoms with van der Waals surface area (Å²) in [7, 11) is 0. The number of amidine groups is 1. The smallest absolute Gasteiger partial charge is 0.118 e. The van der Waals surface area contributed by atoms with Gasteiger partial charge in [0.1, 0.15) is 5.84 Å². The van der Waals surface area contributed by atoms with Crippen LogP contribution < -0.4 is 10.6 Å². The average Bonchev–Trinajstić information content (AvgIpc) is 3.11. The van der Waals surface area contributed by atoms with Gasteiger partial charge < -0.3 is 5.32 Å². The lowest BCUT2D eigenvalue weighted by Crippen LogP contribution is -2.40. The molecule has 1 aliphatic heterocycles. The monoisotopic (exact) mass is 305 g/mol. The highest BCUT2D eigenvalue weighted by molar-refractivity contribution is 5.90. The number of rotatable bonds is 4. The van der Waals surface area contributed by atoms with Crippen LogP contribution in [0, 0.1) is 13.8 Å². The summed E-state index contributed by atoms with van der Waals surface area (Å²) in [5.74, 6) is 1.10. The number of halogens is 1. The maximum absolute atomic E-state index is 4.64. The van der Waals surface area contributed by atoms with E-state index in [1.807, 2.05) is 0 Å². The highest BCUT2D eigenvalue weighted by Crippen LogP contribution is 2.24. The van der Waals surface area contributed by atoms with Crippen molar-refractivity contribution in [2.24, 2.45) is 4.99 Å². The topological polar surface area (TPSA) is 36.4 Å². The van der Waals surface area contributed by atoms with Gasteiger partial charge in [-0.15, -0.1) is 12.4 Å². The molecule has 0 bridgehead atoms. The Morgan fingerprint density at radius 2 is 2.19 bits per heavy atom. The Labute approximate surface area is 133 Å². The fourth-order valence-corrected chi connectivity index (χ4v) is 3.00. The highest BCUT2D eigenvalue weighted by Gasteiger charge is 2.25. The molecule has 4 heteroatoms. The first kappa shape index (κ1) is 16.1. The predicted molar refractivity (Wildman–Crippen MR) is 91.5 cm³/mol. The molecule has 1 aromatic carbocycles. The molecule has 0 amide bonds. The molecule has 1 aromatic rings. The lowest BCUT2D eigenvalue weighted by Gasteiger charge is -2.25. The molecular weight excluding hydrogens is 282 g/mol. The van der Waals surface area contributed by atoms with E-state index in [1.54, 1.807) is 0 Å². The number of aryl methyl sites for hydroxylation is 1. The molecule has 0 aromatic heterocycles. The second kappa shape index (κ2) is 7.10. The molecule has 1 heterocycles. The Bertz CT molecular complexity index is 551. The summed E-state index contributed by atoms with van der Waals surface area (Å²) in [5, 5.41) is 7.20. The van der Waals surface area contributed by atoms with Gasteiger partial charge in [0, 0.05) is 12.6 Å². The minimum Gasteiger partial charge on any atom is -0.370 e. The van der Waals surface area contributed by atoms with Crippen molar-refractivity contribution in [3.8, 4) is 0 Å². The number of nitrogens with zero attached hydrogens (tertiary/aromatic N) is 1. The van der Waals surface area contributed by atoms with Gasteiger partial charge in [-0.2, -0.15) is 0 Å². The molecule has 2 N–H and O–H groups in total. The first-order chi connectivity index (χ1) is 9.75. The van der Waals surface area contributed by atoms with Gasteiger partial charge in [0.25, 0.3) is 0 Å². The number of aliphatic imine (C=N–C) groups is 1. The van der Waals surface area contributed by atoms with E-state index in [2.05, 4.69) is 59.8 Å². The Balaban J connectivity index is 0.00000161. The molecule has 3 rings (SSSR count). The summed E-state index contributed by atoms with van der Waals surface area (Å²) >= 11 is 0. The van der Waals surface area contributed by atoms with Crippen LogP contribution in [0.4, 0.5) is 0 Å². The fraction of sp³-hybridized carbons (Fsp3) is 0.471. The number of hydrogen-bond acceptors (Lipinski definition) is 3. The van der Waals surface area contributed by atoms with Crippen LogP contribution in [-0.2, 0) is 0 Å². The van der Waals surface area contributed by atoms with Crippen LogP contribution in [0.3, 0.4) is 0 Å². The van der Waals surface area contributed by atoms with Crippen LogP contribution in [0.5, 0.6) is 0 Å². The third-order valence-electron chi connectivity index (χ3n) is 4.32. The number of nitrogens with one attached hydrogen (secondary N) is 2. The van der Waals surface area contributed by atoms with E-state index in [-0.39, 0.29) is 18.4 Å². The molecule has 2 atom stereocenters. The first-order valence-corrected chi connectivity index (χ1v) is 7.53. The van der Waals surface area contributed by atoms with Gasteiger partial charge in [-0.05, 0) is 43.4 Å². The quantitative estimate of drug-likeness (QED) is 0.839. The normalized spacial score (nSPS) is 21.6. The molecule has 21 heavy (non-hydrogen) atoms. The predicted octanol–water partition coefficient (Wildman–Crippen LogP) is 3.08. The van der Waals surface area contributed by atoms with Gasteiger partial charge >= 0.3 is 0 Å². The zero-order chi connectivity index (χ0) is 13.9. The van der Waals surface area contributed by atoms with Gasteiger partial charge in [0.2, 0.25) is 0 Å². The van der Waals surface area contributed by atoms with Crippen molar-refractivity contribution < 1.29 is 0 Å². The van der Waals surface area contributed by atoms with E-state index in [0.29, 0.717) is 6.04 Å². The van der Waals surface area contributed by atoms with E-state index in [0.717, 1.165) is 18.9 Å². The van der Waals surface area contributed by atoms with Gasteiger partial charge in [-0.1, -0.05) is 30.4 Å². The second-order valence-corrected chi connectivity index (χ2v) is 5.69. The molecule has 114 valence electrons. The van der Waals surface area contributed by atoms with Gasteiger partial charge in [0.05, 0.1) is 12.6 Å².